The molecule has 0 unspecified atom stereocenters. The average Bonchev–Trinajstić information content (AvgIpc) is 2.36. The molecule has 0 saturated carbocycles. The molecule has 0 heterocycles. The maximum absolute atomic E-state index is 12.2. The molecule has 3 heteroatoms. The monoisotopic (exact) mass is 262 g/mol. The zero-order chi connectivity index (χ0) is 14.3. The van der Waals surface area contributed by atoms with E-state index in [0.29, 0.717) is 19.0 Å². The Kier molecular flexibility index (Phi) is 6.57. The zero-order valence-corrected chi connectivity index (χ0v) is 12.5. The highest BCUT2D eigenvalue weighted by atomic mass is 16.2. The van der Waals surface area contributed by atoms with Crippen LogP contribution in [0.25, 0.3) is 0 Å². The number of nitrogens with one attached hydrogen (secondary N) is 1. The topological polar surface area (TPSA) is 32.3 Å². The summed E-state index contributed by atoms with van der Waals surface area (Å²) in [4.78, 5) is 14.2. The Balaban J connectivity index is 2.55. The van der Waals surface area contributed by atoms with Gasteiger partial charge in [-0.1, -0.05) is 44.2 Å². The van der Waals surface area contributed by atoms with E-state index in [-0.39, 0.29) is 11.9 Å². The Hall–Kier alpha value is -1.35. The zero-order valence-electron chi connectivity index (χ0n) is 12.5. The van der Waals surface area contributed by atoms with Crippen molar-refractivity contribution in [1.29, 1.82) is 0 Å². The first kappa shape index (κ1) is 15.7. The molecule has 106 valence electrons. The number of nitrogens with zero attached hydrogens (tertiary/aromatic N) is 1. The van der Waals surface area contributed by atoms with Crippen LogP contribution in [-0.4, -0.2) is 29.9 Å². The van der Waals surface area contributed by atoms with Crippen molar-refractivity contribution in [3.05, 3.63) is 35.9 Å². The van der Waals surface area contributed by atoms with Gasteiger partial charge in [-0.2, -0.15) is 0 Å². The van der Waals surface area contributed by atoms with Gasteiger partial charge in [-0.05, 0) is 31.9 Å². The molecule has 0 aliphatic heterocycles. The van der Waals surface area contributed by atoms with Crippen LogP contribution in [-0.2, 0) is 11.3 Å². The number of amides is 1. The number of hydrogen-bond donors (Lipinski definition) is 1. The fourth-order valence-electron chi connectivity index (χ4n) is 1.91. The summed E-state index contributed by atoms with van der Waals surface area (Å²) in [5.74, 6) is 0.730. The highest BCUT2D eigenvalue weighted by Gasteiger charge is 2.16. The normalized spacial score (nSPS) is 11.1. The van der Waals surface area contributed by atoms with E-state index in [2.05, 4.69) is 45.1 Å². The third-order valence-electron chi connectivity index (χ3n) is 2.97. The van der Waals surface area contributed by atoms with Crippen LogP contribution in [0.4, 0.5) is 0 Å². The lowest BCUT2D eigenvalue weighted by molar-refractivity contribution is -0.132. The molecule has 1 aromatic rings. The minimum Gasteiger partial charge on any atom is -0.335 e. The molecule has 0 saturated heterocycles. The minimum atomic E-state index is 0.166. The highest BCUT2D eigenvalue weighted by molar-refractivity contribution is 5.78. The third kappa shape index (κ3) is 5.88. The lowest BCUT2D eigenvalue weighted by atomic mass is 10.2. The first-order valence-electron chi connectivity index (χ1n) is 7.04. The van der Waals surface area contributed by atoms with Gasteiger partial charge in [0, 0.05) is 12.6 Å². The minimum absolute atomic E-state index is 0.166. The Morgan fingerprint density at radius 3 is 2.32 bits per heavy atom. The average molecular weight is 262 g/mol. The summed E-state index contributed by atoms with van der Waals surface area (Å²) < 4.78 is 0. The lowest BCUT2D eigenvalue weighted by Gasteiger charge is -2.27. The second kappa shape index (κ2) is 7.95. The van der Waals surface area contributed by atoms with Crippen LogP contribution in [0.3, 0.4) is 0 Å². The van der Waals surface area contributed by atoms with Gasteiger partial charge in [-0.3, -0.25) is 4.79 Å². The van der Waals surface area contributed by atoms with Crippen molar-refractivity contribution in [1.82, 2.24) is 10.2 Å². The fourth-order valence-corrected chi connectivity index (χ4v) is 1.91. The van der Waals surface area contributed by atoms with Gasteiger partial charge in [0.25, 0.3) is 0 Å². The van der Waals surface area contributed by atoms with Crippen molar-refractivity contribution >= 4 is 5.91 Å². The molecule has 1 aromatic carbocycles. The summed E-state index contributed by atoms with van der Waals surface area (Å²) >= 11 is 0. The van der Waals surface area contributed by atoms with Crippen LogP contribution < -0.4 is 5.32 Å². The molecule has 0 atom stereocenters. The standard InChI is InChI=1S/C16H26N2O/c1-13(2)10-17-11-16(19)18(14(3)4)12-15-8-6-5-7-9-15/h5-9,13-14,17H,10-12H2,1-4H3. The van der Waals surface area contributed by atoms with Gasteiger partial charge in [-0.25, -0.2) is 0 Å². The van der Waals surface area contributed by atoms with Gasteiger partial charge in [-0.15, -0.1) is 0 Å². The molecule has 0 radical (unpaired) electrons. The van der Waals surface area contributed by atoms with E-state index in [1.54, 1.807) is 0 Å². The van der Waals surface area contributed by atoms with E-state index in [4.69, 9.17) is 0 Å². The van der Waals surface area contributed by atoms with E-state index >= 15 is 0 Å². The second-order valence-electron chi connectivity index (χ2n) is 5.63. The van der Waals surface area contributed by atoms with Crippen molar-refractivity contribution in [2.45, 2.75) is 40.3 Å². The Morgan fingerprint density at radius 2 is 1.79 bits per heavy atom. The van der Waals surface area contributed by atoms with Crippen molar-refractivity contribution in [3.63, 3.8) is 0 Å². The molecule has 0 aliphatic rings. The van der Waals surface area contributed by atoms with Crippen molar-refractivity contribution < 1.29 is 4.79 Å². The molecule has 1 N–H and O–H groups in total. The van der Waals surface area contributed by atoms with E-state index < -0.39 is 0 Å². The molecule has 0 bridgehead atoms. The van der Waals surface area contributed by atoms with Crippen molar-refractivity contribution in [2.75, 3.05) is 13.1 Å². The molecule has 1 amide bonds. The molecule has 0 spiro atoms. The maximum Gasteiger partial charge on any atom is 0.237 e. The summed E-state index contributed by atoms with van der Waals surface area (Å²) in [6, 6.07) is 10.3. The second-order valence-corrected chi connectivity index (χ2v) is 5.63. The SMILES string of the molecule is CC(C)CNCC(=O)N(Cc1ccccc1)C(C)C. The maximum atomic E-state index is 12.2. The molecule has 19 heavy (non-hydrogen) atoms. The summed E-state index contributed by atoms with van der Waals surface area (Å²) in [5.41, 5.74) is 1.17. The first-order chi connectivity index (χ1) is 9.00. The van der Waals surface area contributed by atoms with Gasteiger partial charge in [0.05, 0.1) is 6.54 Å². The number of carbonyl (C=O) groups is 1. The Labute approximate surface area is 117 Å². The molecule has 0 fully saturated rings. The van der Waals surface area contributed by atoms with Gasteiger partial charge in [0.15, 0.2) is 0 Å². The molecular formula is C16H26N2O. The number of rotatable bonds is 7. The predicted octanol–water partition coefficient (Wildman–Crippen LogP) is 2.67. The van der Waals surface area contributed by atoms with Crippen LogP contribution in [0.2, 0.25) is 0 Å². The molecule has 0 aliphatic carbocycles. The van der Waals surface area contributed by atoms with Crippen LogP contribution in [0.15, 0.2) is 30.3 Å². The molecule has 1 rings (SSSR count). The van der Waals surface area contributed by atoms with E-state index in [1.165, 1.54) is 5.56 Å². The summed E-state index contributed by atoms with van der Waals surface area (Å²) in [5, 5.41) is 3.21. The highest BCUT2D eigenvalue weighted by Crippen LogP contribution is 2.08. The number of benzene rings is 1. The quantitative estimate of drug-likeness (QED) is 0.819. The van der Waals surface area contributed by atoms with Gasteiger partial charge in [0.1, 0.15) is 0 Å². The van der Waals surface area contributed by atoms with Gasteiger partial charge >= 0.3 is 0 Å². The van der Waals surface area contributed by atoms with Gasteiger partial charge in [0.2, 0.25) is 5.91 Å². The third-order valence-corrected chi connectivity index (χ3v) is 2.97. The van der Waals surface area contributed by atoms with E-state index in [9.17, 15) is 4.79 Å². The summed E-state index contributed by atoms with van der Waals surface area (Å²) in [6.45, 7) is 10.4. The van der Waals surface area contributed by atoms with E-state index in [1.807, 2.05) is 23.1 Å². The smallest absolute Gasteiger partial charge is 0.237 e. The van der Waals surface area contributed by atoms with Crippen molar-refractivity contribution in [2.24, 2.45) is 5.92 Å². The molecule has 0 aromatic heterocycles. The van der Waals surface area contributed by atoms with Gasteiger partial charge < -0.3 is 10.2 Å². The summed E-state index contributed by atoms with van der Waals surface area (Å²) in [6.07, 6.45) is 0. The van der Waals surface area contributed by atoms with Crippen LogP contribution in [0, 0.1) is 5.92 Å². The number of carbonyl (C=O) groups excluding carboxylic acids is 1. The van der Waals surface area contributed by atoms with Crippen LogP contribution in [0.5, 0.6) is 0 Å². The lowest BCUT2D eigenvalue weighted by Crippen LogP contribution is -2.42. The van der Waals surface area contributed by atoms with Crippen molar-refractivity contribution in [3.8, 4) is 0 Å². The Morgan fingerprint density at radius 1 is 1.16 bits per heavy atom. The fraction of sp³-hybridized carbons (Fsp3) is 0.562. The largest absolute Gasteiger partial charge is 0.335 e. The summed E-state index contributed by atoms with van der Waals surface area (Å²) in [7, 11) is 0. The Bertz CT molecular complexity index is 374. The predicted molar refractivity (Wildman–Crippen MR) is 79.8 cm³/mol. The molecular weight excluding hydrogens is 236 g/mol. The first-order valence-corrected chi connectivity index (χ1v) is 7.04. The number of hydrogen-bond acceptors (Lipinski definition) is 2. The van der Waals surface area contributed by atoms with Crippen LogP contribution in [0.1, 0.15) is 33.3 Å². The van der Waals surface area contributed by atoms with E-state index in [0.717, 1.165) is 6.54 Å². The van der Waals surface area contributed by atoms with Crippen LogP contribution >= 0.6 is 0 Å². The molecule has 3 nitrogen and oxygen atoms in total.